The third-order valence-corrected chi connectivity index (χ3v) is 4.48. The van der Waals surface area contributed by atoms with Gasteiger partial charge in [0.1, 0.15) is 12.1 Å². The van der Waals surface area contributed by atoms with Crippen LogP contribution in [0.5, 0.6) is 5.75 Å². The number of hydrogen-bond donors (Lipinski definition) is 2. The maximum Gasteiger partial charge on any atom is 0.248 e. The number of nitrogens with zero attached hydrogens (tertiary/aromatic N) is 3. The molecule has 1 aromatic heterocycles. The fourth-order valence-corrected chi connectivity index (χ4v) is 3.06. The number of nitrogens with one attached hydrogen (secondary N) is 2. The molecule has 0 saturated heterocycles. The molecule has 27 heavy (non-hydrogen) atoms. The molecule has 0 spiro atoms. The van der Waals surface area contributed by atoms with Crippen molar-refractivity contribution in [3.8, 4) is 5.75 Å². The third-order valence-electron chi connectivity index (χ3n) is 3.57. The number of rotatable bonds is 6. The largest absolute Gasteiger partial charge is 0.494 e. The molecule has 0 fully saturated rings. The predicted octanol–water partition coefficient (Wildman–Crippen LogP) is 4.84. The lowest BCUT2D eigenvalue weighted by Crippen LogP contribution is -2.20. The van der Waals surface area contributed by atoms with Crippen LogP contribution in [0.2, 0.25) is 10.0 Å². The van der Waals surface area contributed by atoms with Gasteiger partial charge in [-0.2, -0.15) is 0 Å². The van der Waals surface area contributed by atoms with Crippen LogP contribution in [0, 0.1) is 0 Å². The van der Waals surface area contributed by atoms with Crippen molar-refractivity contribution in [1.29, 1.82) is 0 Å². The van der Waals surface area contributed by atoms with Crippen molar-refractivity contribution in [2.75, 3.05) is 17.2 Å². The summed E-state index contributed by atoms with van der Waals surface area (Å²) < 4.78 is 7.05. The number of thiocarbonyl (C=S) groups is 1. The molecule has 0 aliphatic heterocycles. The zero-order valence-electron chi connectivity index (χ0n) is 14.4. The molecule has 0 aliphatic rings. The molecule has 140 valence electrons. The zero-order valence-corrected chi connectivity index (χ0v) is 16.8. The molecule has 2 N–H and O–H groups in total. The summed E-state index contributed by atoms with van der Waals surface area (Å²) in [5.74, 6) is 1.18. The second-order valence-corrected chi connectivity index (χ2v) is 6.73. The molecule has 3 rings (SSSR count). The maximum atomic E-state index is 6.19. The third kappa shape index (κ3) is 5.32. The van der Waals surface area contributed by atoms with Gasteiger partial charge in [-0.15, -0.1) is 5.10 Å². The molecule has 0 unspecified atom stereocenters. The Balaban J connectivity index is 1.59. The Labute approximate surface area is 172 Å². The molecule has 6 nitrogen and oxygen atoms in total. The summed E-state index contributed by atoms with van der Waals surface area (Å²) in [7, 11) is 0. The minimum absolute atomic E-state index is 0.376. The minimum Gasteiger partial charge on any atom is -0.494 e. The highest BCUT2D eigenvalue weighted by atomic mass is 35.5. The average Bonchev–Trinajstić information content (AvgIpc) is 3.07. The molecule has 0 amide bonds. The van der Waals surface area contributed by atoms with Gasteiger partial charge in [0.05, 0.1) is 13.2 Å². The highest BCUT2D eigenvalue weighted by Crippen LogP contribution is 2.25. The van der Waals surface area contributed by atoms with Crippen molar-refractivity contribution in [3.05, 3.63) is 64.4 Å². The van der Waals surface area contributed by atoms with Gasteiger partial charge in [-0.25, -0.2) is 9.67 Å². The Bertz CT molecular complexity index is 910. The van der Waals surface area contributed by atoms with E-state index in [1.165, 1.54) is 0 Å². The van der Waals surface area contributed by atoms with Gasteiger partial charge in [-0.05, 0) is 55.5 Å². The van der Waals surface area contributed by atoms with Crippen molar-refractivity contribution in [3.63, 3.8) is 0 Å². The van der Waals surface area contributed by atoms with Crippen LogP contribution in [0.4, 0.5) is 11.6 Å². The van der Waals surface area contributed by atoms with Crippen molar-refractivity contribution in [2.24, 2.45) is 0 Å². The first-order valence-corrected chi connectivity index (χ1v) is 9.34. The molecule has 2 aromatic carbocycles. The van der Waals surface area contributed by atoms with E-state index in [-0.39, 0.29) is 0 Å². The van der Waals surface area contributed by atoms with Crippen LogP contribution >= 0.6 is 35.4 Å². The summed E-state index contributed by atoms with van der Waals surface area (Å²) in [6.45, 7) is 2.98. The summed E-state index contributed by atoms with van der Waals surface area (Å²) in [5.41, 5.74) is 1.62. The summed E-state index contributed by atoms with van der Waals surface area (Å²) in [5, 5.41) is 11.9. The van der Waals surface area contributed by atoms with Gasteiger partial charge in [-0.1, -0.05) is 29.3 Å². The standard InChI is InChI=1S/C18H17Cl2N5OS/c1-2-26-13-8-6-12(7-9-13)22-18(27)23-17-21-11-25(24-17)10-14-15(19)4-3-5-16(14)20/h3-9,11H,2,10H2,1H3,(H2,22,23,24,27). The van der Waals surface area contributed by atoms with E-state index >= 15 is 0 Å². The second kappa shape index (κ2) is 9.03. The van der Waals surface area contributed by atoms with Crippen molar-refractivity contribution >= 4 is 52.2 Å². The fraction of sp³-hybridized carbons (Fsp3) is 0.167. The van der Waals surface area contributed by atoms with E-state index < -0.39 is 0 Å². The average molecular weight is 422 g/mol. The van der Waals surface area contributed by atoms with E-state index in [1.807, 2.05) is 31.2 Å². The molecule has 1 heterocycles. The van der Waals surface area contributed by atoms with E-state index in [4.69, 9.17) is 40.2 Å². The predicted molar refractivity (Wildman–Crippen MR) is 113 cm³/mol. The van der Waals surface area contributed by atoms with Gasteiger partial charge in [0.15, 0.2) is 5.11 Å². The Morgan fingerprint density at radius 2 is 1.81 bits per heavy atom. The van der Waals surface area contributed by atoms with Gasteiger partial charge in [0.2, 0.25) is 5.95 Å². The fourth-order valence-electron chi connectivity index (χ4n) is 2.34. The molecule has 0 radical (unpaired) electrons. The molecule has 0 atom stereocenters. The maximum absolute atomic E-state index is 6.19. The van der Waals surface area contributed by atoms with Crippen LogP contribution < -0.4 is 15.4 Å². The SMILES string of the molecule is CCOc1ccc(NC(=S)Nc2ncn(Cc3c(Cl)cccc3Cl)n2)cc1. The second-order valence-electron chi connectivity index (χ2n) is 5.50. The lowest BCUT2D eigenvalue weighted by Gasteiger charge is -2.09. The first-order valence-electron chi connectivity index (χ1n) is 8.18. The molecule has 3 aromatic rings. The Morgan fingerprint density at radius 3 is 2.48 bits per heavy atom. The van der Waals surface area contributed by atoms with Crippen LogP contribution in [0.25, 0.3) is 0 Å². The number of ether oxygens (including phenoxy) is 1. The van der Waals surface area contributed by atoms with E-state index in [2.05, 4.69) is 20.7 Å². The molecule has 0 aliphatic carbocycles. The van der Waals surface area contributed by atoms with Crippen LogP contribution in [-0.4, -0.2) is 26.5 Å². The molecule has 9 heteroatoms. The Hall–Kier alpha value is -2.35. The molecular weight excluding hydrogens is 405 g/mol. The van der Waals surface area contributed by atoms with Crippen LogP contribution in [0.15, 0.2) is 48.8 Å². The van der Waals surface area contributed by atoms with Crippen molar-refractivity contribution in [1.82, 2.24) is 14.8 Å². The highest BCUT2D eigenvalue weighted by Gasteiger charge is 2.09. The van der Waals surface area contributed by atoms with Crippen LogP contribution in [-0.2, 0) is 6.54 Å². The number of anilines is 2. The van der Waals surface area contributed by atoms with E-state index in [1.54, 1.807) is 29.2 Å². The summed E-state index contributed by atoms with van der Waals surface area (Å²) in [4.78, 5) is 4.20. The van der Waals surface area contributed by atoms with Gasteiger partial charge in [-0.3, -0.25) is 5.32 Å². The lowest BCUT2D eigenvalue weighted by atomic mass is 10.2. The number of aromatic nitrogens is 3. The normalized spacial score (nSPS) is 10.5. The van der Waals surface area contributed by atoms with Crippen LogP contribution in [0.1, 0.15) is 12.5 Å². The quantitative estimate of drug-likeness (QED) is 0.555. The van der Waals surface area contributed by atoms with Gasteiger partial charge < -0.3 is 10.1 Å². The van der Waals surface area contributed by atoms with Gasteiger partial charge in [0, 0.05) is 21.3 Å². The number of benzene rings is 2. The first kappa shape index (κ1) is 19.4. The molecular formula is C18H17Cl2N5OS. The summed E-state index contributed by atoms with van der Waals surface area (Å²) in [6, 6.07) is 12.9. The molecule has 0 bridgehead atoms. The van der Waals surface area contributed by atoms with E-state index in [9.17, 15) is 0 Å². The lowest BCUT2D eigenvalue weighted by molar-refractivity contribution is 0.340. The minimum atomic E-state index is 0.376. The van der Waals surface area contributed by atoms with Crippen molar-refractivity contribution < 1.29 is 4.74 Å². The first-order chi connectivity index (χ1) is 13.0. The van der Waals surface area contributed by atoms with Crippen molar-refractivity contribution in [2.45, 2.75) is 13.5 Å². The monoisotopic (exact) mass is 421 g/mol. The van der Waals surface area contributed by atoms with E-state index in [0.29, 0.717) is 34.3 Å². The molecule has 0 saturated carbocycles. The Morgan fingerprint density at radius 1 is 1.11 bits per heavy atom. The Kier molecular flexibility index (Phi) is 6.49. The number of halogens is 2. The summed E-state index contributed by atoms with van der Waals surface area (Å²) in [6.07, 6.45) is 1.58. The zero-order chi connectivity index (χ0) is 19.2. The van der Waals surface area contributed by atoms with Crippen LogP contribution in [0.3, 0.4) is 0 Å². The van der Waals surface area contributed by atoms with Gasteiger partial charge >= 0.3 is 0 Å². The van der Waals surface area contributed by atoms with Gasteiger partial charge in [0.25, 0.3) is 0 Å². The summed E-state index contributed by atoms with van der Waals surface area (Å²) >= 11 is 17.7. The highest BCUT2D eigenvalue weighted by molar-refractivity contribution is 7.80. The topological polar surface area (TPSA) is 64.0 Å². The smallest absolute Gasteiger partial charge is 0.248 e. The van der Waals surface area contributed by atoms with E-state index in [0.717, 1.165) is 17.0 Å². The number of hydrogen-bond acceptors (Lipinski definition) is 4.